The molecule has 1 heterocycles. The number of alkyl halides is 2. The number of anilines is 1. The Kier molecular flexibility index (Phi) is 6.95. The van der Waals surface area contributed by atoms with Crippen LogP contribution in [0.25, 0.3) is 0 Å². The molecule has 1 aliphatic rings. The predicted octanol–water partition coefficient (Wildman–Crippen LogP) is 3.21. The highest BCUT2D eigenvalue weighted by atomic mass is 19.3. The summed E-state index contributed by atoms with van der Waals surface area (Å²) in [5.74, 6) is -1.48. The van der Waals surface area contributed by atoms with Crippen LogP contribution >= 0.6 is 0 Å². The number of carbonyl (C=O) groups is 3. The Hall–Kier alpha value is -3.49. The van der Waals surface area contributed by atoms with E-state index in [1.54, 1.807) is 29.2 Å². The van der Waals surface area contributed by atoms with Crippen molar-refractivity contribution in [2.24, 2.45) is 0 Å². The third-order valence-electron chi connectivity index (χ3n) is 4.45. The molecule has 1 fully saturated rings. The highest BCUT2D eigenvalue weighted by Crippen LogP contribution is 2.25. The van der Waals surface area contributed by atoms with E-state index in [2.05, 4.69) is 10.1 Å². The second kappa shape index (κ2) is 9.82. The Morgan fingerprint density at radius 1 is 1.10 bits per heavy atom. The van der Waals surface area contributed by atoms with Gasteiger partial charge in [0.1, 0.15) is 5.75 Å². The normalized spacial score (nSPS) is 13.4. The molecule has 1 N–H and O–H groups in total. The monoisotopic (exact) mass is 418 g/mol. The summed E-state index contributed by atoms with van der Waals surface area (Å²) in [4.78, 5) is 37.6. The summed E-state index contributed by atoms with van der Waals surface area (Å²) in [6.45, 7) is -2.42. The molecule has 158 valence electrons. The molecule has 0 saturated carbocycles. The number of rotatable bonds is 8. The third-order valence-corrected chi connectivity index (χ3v) is 4.45. The molecule has 7 nitrogen and oxygen atoms in total. The molecule has 0 bridgehead atoms. The van der Waals surface area contributed by atoms with Gasteiger partial charge in [-0.15, -0.1) is 0 Å². The molecule has 9 heteroatoms. The van der Waals surface area contributed by atoms with Crippen molar-refractivity contribution in [1.29, 1.82) is 0 Å². The van der Waals surface area contributed by atoms with Gasteiger partial charge in [-0.25, -0.2) is 4.79 Å². The predicted molar refractivity (Wildman–Crippen MR) is 103 cm³/mol. The summed E-state index contributed by atoms with van der Waals surface area (Å²) in [6, 6.07) is 12.3. The zero-order valence-electron chi connectivity index (χ0n) is 16.0. The van der Waals surface area contributed by atoms with Gasteiger partial charge in [-0.05, 0) is 36.2 Å². The number of esters is 1. The highest BCUT2D eigenvalue weighted by molar-refractivity contribution is 5.96. The van der Waals surface area contributed by atoms with Crippen LogP contribution in [0.1, 0.15) is 28.8 Å². The van der Waals surface area contributed by atoms with Crippen LogP contribution < -0.4 is 10.1 Å². The van der Waals surface area contributed by atoms with Crippen LogP contribution in [-0.4, -0.2) is 42.4 Å². The zero-order valence-corrected chi connectivity index (χ0v) is 16.0. The van der Waals surface area contributed by atoms with Gasteiger partial charge in [0.2, 0.25) is 5.91 Å². The number of likely N-dealkylation sites (tertiary alicyclic amines) is 1. The van der Waals surface area contributed by atoms with Crippen molar-refractivity contribution in [3.63, 3.8) is 0 Å². The van der Waals surface area contributed by atoms with Crippen LogP contribution in [0.5, 0.6) is 5.75 Å². The molecule has 2 amide bonds. The average Bonchev–Trinajstić information content (AvgIpc) is 3.12. The molecular weight excluding hydrogens is 398 g/mol. The molecule has 0 spiro atoms. The van der Waals surface area contributed by atoms with Crippen LogP contribution in [-0.2, 0) is 20.9 Å². The molecule has 0 atom stereocenters. The second-order valence-electron chi connectivity index (χ2n) is 6.61. The Balaban J connectivity index is 1.50. The number of para-hydroxylation sites is 2. The van der Waals surface area contributed by atoms with Gasteiger partial charge in [-0.2, -0.15) is 8.78 Å². The van der Waals surface area contributed by atoms with E-state index >= 15 is 0 Å². The average molecular weight is 418 g/mol. The van der Waals surface area contributed by atoms with Gasteiger partial charge >= 0.3 is 12.6 Å². The number of hydrogen-bond donors (Lipinski definition) is 1. The lowest BCUT2D eigenvalue weighted by Gasteiger charge is -2.15. The van der Waals surface area contributed by atoms with Gasteiger partial charge in [-0.1, -0.05) is 24.3 Å². The van der Waals surface area contributed by atoms with E-state index in [1.165, 1.54) is 24.3 Å². The first-order valence-electron chi connectivity index (χ1n) is 9.30. The minimum absolute atomic E-state index is 0.0414. The van der Waals surface area contributed by atoms with E-state index in [0.29, 0.717) is 13.0 Å². The summed E-state index contributed by atoms with van der Waals surface area (Å²) in [5.41, 5.74) is 1.18. The summed E-state index contributed by atoms with van der Waals surface area (Å²) in [6.07, 6.45) is 1.41. The number of benzene rings is 2. The van der Waals surface area contributed by atoms with Crippen molar-refractivity contribution >= 4 is 23.5 Å². The summed E-state index contributed by atoms with van der Waals surface area (Å²) >= 11 is 0. The maximum atomic E-state index is 12.4. The highest BCUT2D eigenvalue weighted by Gasteiger charge is 2.20. The lowest BCUT2D eigenvalue weighted by molar-refractivity contribution is -0.128. The number of halogens is 2. The fourth-order valence-electron chi connectivity index (χ4n) is 3.01. The Morgan fingerprint density at radius 3 is 2.50 bits per heavy atom. The van der Waals surface area contributed by atoms with Gasteiger partial charge < -0.3 is 19.7 Å². The molecule has 30 heavy (non-hydrogen) atoms. The fraction of sp³-hybridized carbons (Fsp3) is 0.286. The fourth-order valence-corrected chi connectivity index (χ4v) is 3.01. The third kappa shape index (κ3) is 5.76. The van der Waals surface area contributed by atoms with Gasteiger partial charge in [0.05, 0.1) is 11.3 Å². The number of ether oxygens (including phenoxy) is 2. The molecule has 1 aliphatic heterocycles. The molecule has 0 unspecified atom stereocenters. The lowest BCUT2D eigenvalue weighted by Crippen LogP contribution is -2.24. The van der Waals surface area contributed by atoms with Gasteiger partial charge in [0.25, 0.3) is 5.91 Å². The van der Waals surface area contributed by atoms with Gasteiger partial charge in [-0.3, -0.25) is 9.59 Å². The smallest absolute Gasteiger partial charge is 0.387 e. The van der Waals surface area contributed by atoms with Crippen LogP contribution in [0.15, 0.2) is 48.5 Å². The van der Waals surface area contributed by atoms with E-state index in [0.717, 1.165) is 18.5 Å². The first-order chi connectivity index (χ1) is 14.4. The molecule has 0 radical (unpaired) electrons. The summed E-state index contributed by atoms with van der Waals surface area (Å²) in [7, 11) is 0. The number of nitrogens with zero attached hydrogens (tertiary/aromatic N) is 1. The van der Waals surface area contributed by atoms with E-state index < -0.39 is 25.1 Å². The van der Waals surface area contributed by atoms with Gasteiger partial charge in [0, 0.05) is 19.5 Å². The minimum Gasteiger partial charge on any atom is -0.452 e. The molecule has 2 aromatic rings. The molecule has 1 saturated heterocycles. The Morgan fingerprint density at radius 2 is 1.83 bits per heavy atom. The lowest BCUT2D eigenvalue weighted by atomic mass is 10.1. The van der Waals surface area contributed by atoms with Crippen LogP contribution in [0.4, 0.5) is 14.5 Å². The minimum atomic E-state index is -3.03. The van der Waals surface area contributed by atoms with E-state index in [9.17, 15) is 23.2 Å². The maximum Gasteiger partial charge on any atom is 0.387 e. The van der Waals surface area contributed by atoms with Crippen molar-refractivity contribution in [3.8, 4) is 5.75 Å². The van der Waals surface area contributed by atoms with Crippen LogP contribution in [0.2, 0.25) is 0 Å². The van der Waals surface area contributed by atoms with Gasteiger partial charge in [0.15, 0.2) is 6.61 Å². The molecule has 0 aromatic heterocycles. The first-order valence-corrected chi connectivity index (χ1v) is 9.30. The van der Waals surface area contributed by atoms with Crippen molar-refractivity contribution in [2.45, 2.75) is 26.0 Å². The second-order valence-corrected chi connectivity index (χ2v) is 6.61. The number of hydrogen-bond acceptors (Lipinski definition) is 5. The Labute approximate surface area is 171 Å². The van der Waals surface area contributed by atoms with Crippen LogP contribution in [0.3, 0.4) is 0 Å². The van der Waals surface area contributed by atoms with E-state index in [1.807, 2.05) is 0 Å². The molecule has 3 rings (SSSR count). The SMILES string of the molecule is O=C(COC(=O)c1ccc(CN2CCCC2=O)cc1)Nc1ccccc1OC(F)F. The molecule has 0 aliphatic carbocycles. The number of nitrogens with one attached hydrogen (secondary N) is 1. The first kappa shape index (κ1) is 21.2. The number of carbonyl (C=O) groups excluding carboxylic acids is 3. The van der Waals surface area contributed by atoms with Crippen LogP contribution in [0, 0.1) is 0 Å². The standard InChI is InChI=1S/C21H20F2N2O5/c22-21(23)30-17-5-2-1-4-16(17)24-18(26)13-29-20(28)15-9-7-14(8-10-15)12-25-11-3-6-19(25)27/h1-2,4-5,7-10,21H,3,6,11-13H2,(H,24,26). The van der Waals surface area contributed by atoms with Crippen molar-refractivity contribution in [3.05, 3.63) is 59.7 Å². The zero-order chi connectivity index (χ0) is 21.5. The summed E-state index contributed by atoms with van der Waals surface area (Å²) < 4.78 is 34.1. The van der Waals surface area contributed by atoms with E-state index in [-0.39, 0.29) is 22.9 Å². The molecule has 2 aromatic carbocycles. The topological polar surface area (TPSA) is 84.9 Å². The van der Waals surface area contributed by atoms with Crippen molar-refractivity contribution in [2.75, 3.05) is 18.5 Å². The van der Waals surface area contributed by atoms with Crippen molar-refractivity contribution < 1.29 is 32.6 Å². The van der Waals surface area contributed by atoms with Crippen molar-refractivity contribution in [1.82, 2.24) is 4.90 Å². The quantitative estimate of drug-likeness (QED) is 0.666. The summed E-state index contributed by atoms with van der Waals surface area (Å²) in [5, 5.41) is 2.36. The van der Waals surface area contributed by atoms with E-state index in [4.69, 9.17) is 4.74 Å². The largest absolute Gasteiger partial charge is 0.452 e. The molecular formula is C21H20F2N2O5. The number of amides is 2. The maximum absolute atomic E-state index is 12.4. The Bertz CT molecular complexity index is 918.